The maximum atomic E-state index is 12.5. The molecule has 15 heavy (non-hydrogen) atoms. The third kappa shape index (κ3) is 2.52. The number of methoxy groups -OCH3 is 1. The molecule has 0 aromatic carbocycles. The average molecular weight is 328 g/mol. The van der Waals surface area contributed by atoms with E-state index < -0.39 is 12.3 Å². The lowest BCUT2D eigenvalue weighted by Crippen LogP contribution is -2.15. The number of primary amides is 1. The number of carbonyl (C=O) groups excluding carboxylic acids is 1. The van der Waals surface area contributed by atoms with Gasteiger partial charge in [0.25, 0.3) is 12.3 Å². The third-order valence-corrected chi connectivity index (χ3v) is 2.72. The van der Waals surface area contributed by atoms with E-state index in [9.17, 15) is 13.6 Å². The van der Waals surface area contributed by atoms with Crippen LogP contribution in [0, 0.1) is 3.57 Å². The number of hydrogen-bond acceptors (Lipinski definition) is 3. The molecule has 0 aliphatic heterocycles. The summed E-state index contributed by atoms with van der Waals surface area (Å²) in [7, 11) is 1.28. The van der Waals surface area contributed by atoms with E-state index >= 15 is 0 Å². The fourth-order valence-electron chi connectivity index (χ4n) is 0.945. The van der Waals surface area contributed by atoms with Gasteiger partial charge in [-0.05, 0) is 28.7 Å². The number of rotatable bonds is 3. The van der Waals surface area contributed by atoms with Gasteiger partial charge in [0, 0.05) is 5.56 Å². The fraction of sp³-hybridized carbons (Fsp3) is 0.250. The molecule has 0 bridgehead atoms. The minimum absolute atomic E-state index is 0.0257. The summed E-state index contributed by atoms with van der Waals surface area (Å²) >= 11 is 1.68. The smallest absolute Gasteiger partial charge is 0.267 e. The molecule has 82 valence electrons. The molecule has 0 radical (unpaired) electrons. The van der Waals surface area contributed by atoms with E-state index in [1.165, 1.54) is 7.11 Å². The second-order valence-corrected chi connectivity index (χ2v) is 3.66. The zero-order valence-corrected chi connectivity index (χ0v) is 9.79. The molecule has 7 heteroatoms. The number of amides is 1. The van der Waals surface area contributed by atoms with Gasteiger partial charge in [-0.25, -0.2) is 13.8 Å². The van der Waals surface area contributed by atoms with Crippen LogP contribution in [0.3, 0.4) is 0 Å². The van der Waals surface area contributed by atoms with Gasteiger partial charge in [0.15, 0.2) is 0 Å². The Bertz CT molecular complexity index is 398. The Morgan fingerprint density at radius 2 is 2.27 bits per heavy atom. The number of pyridine rings is 1. The number of halogens is 3. The van der Waals surface area contributed by atoms with Crippen LogP contribution in [0.4, 0.5) is 8.78 Å². The number of nitrogens with zero attached hydrogens (tertiary/aromatic N) is 1. The van der Waals surface area contributed by atoms with Crippen molar-refractivity contribution in [1.82, 2.24) is 4.98 Å². The minimum Gasteiger partial charge on any atom is -0.480 e. The van der Waals surface area contributed by atoms with Crippen LogP contribution in [-0.2, 0) is 0 Å². The molecule has 1 heterocycles. The highest BCUT2D eigenvalue weighted by Crippen LogP contribution is 2.30. The molecule has 0 unspecified atom stereocenters. The summed E-state index contributed by atoms with van der Waals surface area (Å²) in [6.45, 7) is 0. The van der Waals surface area contributed by atoms with E-state index in [0.29, 0.717) is 0 Å². The summed E-state index contributed by atoms with van der Waals surface area (Å²) in [5.74, 6) is -0.895. The minimum atomic E-state index is -2.70. The molecule has 0 spiro atoms. The predicted octanol–water partition coefficient (Wildman–Crippen LogP) is 1.73. The van der Waals surface area contributed by atoms with Crippen molar-refractivity contribution in [2.45, 2.75) is 6.43 Å². The number of carbonyl (C=O) groups is 1. The van der Waals surface area contributed by atoms with Crippen LogP contribution >= 0.6 is 22.6 Å². The van der Waals surface area contributed by atoms with E-state index in [-0.39, 0.29) is 20.7 Å². The molecule has 2 N–H and O–H groups in total. The number of nitrogens with two attached hydrogens (primary N) is 1. The van der Waals surface area contributed by atoms with E-state index in [4.69, 9.17) is 10.5 Å². The monoisotopic (exact) mass is 328 g/mol. The van der Waals surface area contributed by atoms with Gasteiger partial charge in [0.1, 0.15) is 5.69 Å². The first-order chi connectivity index (χ1) is 6.97. The van der Waals surface area contributed by atoms with E-state index in [0.717, 1.165) is 6.07 Å². The van der Waals surface area contributed by atoms with Gasteiger partial charge in [0.2, 0.25) is 5.88 Å². The Balaban J connectivity index is 3.38. The van der Waals surface area contributed by atoms with Gasteiger partial charge in [-0.15, -0.1) is 0 Å². The molecule has 4 nitrogen and oxygen atoms in total. The normalized spacial score (nSPS) is 10.5. The van der Waals surface area contributed by atoms with Crippen LogP contribution < -0.4 is 10.5 Å². The van der Waals surface area contributed by atoms with Crippen molar-refractivity contribution in [3.8, 4) is 5.88 Å². The lowest BCUT2D eigenvalue weighted by Gasteiger charge is -2.08. The highest BCUT2D eigenvalue weighted by molar-refractivity contribution is 14.1. The van der Waals surface area contributed by atoms with Crippen molar-refractivity contribution in [2.24, 2.45) is 5.73 Å². The molecule has 0 saturated heterocycles. The van der Waals surface area contributed by atoms with Gasteiger partial charge in [-0.2, -0.15) is 0 Å². The molecule has 0 atom stereocenters. The first-order valence-corrected chi connectivity index (χ1v) is 4.87. The van der Waals surface area contributed by atoms with Crippen molar-refractivity contribution in [3.05, 3.63) is 20.9 Å². The number of aromatic nitrogens is 1. The highest BCUT2D eigenvalue weighted by Gasteiger charge is 2.19. The SMILES string of the molecule is COc1nc(C(N)=O)cc(C(F)F)c1I. The molecule has 1 aromatic rings. The van der Waals surface area contributed by atoms with Gasteiger partial charge in [-0.3, -0.25) is 4.79 Å². The second kappa shape index (κ2) is 4.69. The van der Waals surface area contributed by atoms with Crippen molar-refractivity contribution in [3.63, 3.8) is 0 Å². The van der Waals surface area contributed by atoms with Gasteiger partial charge >= 0.3 is 0 Å². The second-order valence-electron chi connectivity index (χ2n) is 2.58. The topological polar surface area (TPSA) is 65.2 Å². The summed E-state index contributed by atoms with van der Waals surface area (Å²) in [6.07, 6.45) is -2.70. The zero-order chi connectivity index (χ0) is 11.6. The Morgan fingerprint density at radius 1 is 1.67 bits per heavy atom. The summed E-state index contributed by atoms with van der Waals surface area (Å²) in [6, 6.07) is 0.970. The molecule has 0 saturated carbocycles. The average Bonchev–Trinajstić information content (AvgIpc) is 2.17. The predicted molar refractivity (Wildman–Crippen MR) is 57.0 cm³/mol. The third-order valence-electron chi connectivity index (χ3n) is 1.64. The summed E-state index contributed by atoms with van der Waals surface area (Å²) in [4.78, 5) is 14.5. The molecule has 0 aliphatic carbocycles. The fourth-order valence-corrected chi connectivity index (χ4v) is 1.68. The van der Waals surface area contributed by atoms with Crippen molar-refractivity contribution in [1.29, 1.82) is 0 Å². The van der Waals surface area contributed by atoms with Gasteiger partial charge < -0.3 is 10.5 Å². The molecule has 1 rings (SSSR count). The van der Waals surface area contributed by atoms with Crippen LogP contribution in [-0.4, -0.2) is 18.0 Å². The molecule has 0 aliphatic rings. The lowest BCUT2D eigenvalue weighted by atomic mass is 10.2. The largest absolute Gasteiger partial charge is 0.480 e. The van der Waals surface area contributed by atoms with Crippen LogP contribution in [0.15, 0.2) is 6.07 Å². The first-order valence-electron chi connectivity index (χ1n) is 3.79. The maximum Gasteiger partial charge on any atom is 0.267 e. The highest BCUT2D eigenvalue weighted by atomic mass is 127. The molecule has 1 amide bonds. The standard InChI is InChI=1S/C8H7F2IN2O2/c1-15-8-5(11)3(6(9)10)2-4(13-8)7(12)14/h2,6H,1H3,(H2,12,14). The Kier molecular flexibility index (Phi) is 3.77. The van der Waals surface area contributed by atoms with Crippen LogP contribution in [0.2, 0.25) is 0 Å². The van der Waals surface area contributed by atoms with Crippen LogP contribution in [0.5, 0.6) is 5.88 Å². The Labute approximate surface area is 98.0 Å². The molecular formula is C8H7F2IN2O2. The number of alkyl halides is 2. The first kappa shape index (κ1) is 12.1. The molecular weight excluding hydrogens is 321 g/mol. The Morgan fingerprint density at radius 3 is 2.67 bits per heavy atom. The summed E-state index contributed by atoms with van der Waals surface area (Å²) in [5.41, 5.74) is 4.41. The van der Waals surface area contributed by atoms with Gasteiger partial charge in [-0.1, -0.05) is 0 Å². The van der Waals surface area contributed by atoms with Crippen LogP contribution in [0.1, 0.15) is 22.5 Å². The van der Waals surface area contributed by atoms with E-state index in [2.05, 4.69) is 4.98 Å². The summed E-state index contributed by atoms with van der Waals surface area (Å²) in [5, 5.41) is 0. The molecule has 1 aromatic heterocycles. The van der Waals surface area contributed by atoms with Crippen molar-refractivity contribution < 1.29 is 18.3 Å². The zero-order valence-electron chi connectivity index (χ0n) is 7.63. The molecule has 0 fully saturated rings. The summed E-state index contributed by atoms with van der Waals surface area (Å²) < 4.78 is 30.0. The lowest BCUT2D eigenvalue weighted by molar-refractivity contribution is 0.0993. The van der Waals surface area contributed by atoms with Crippen molar-refractivity contribution in [2.75, 3.05) is 7.11 Å². The van der Waals surface area contributed by atoms with E-state index in [1.54, 1.807) is 22.6 Å². The Hall–Kier alpha value is -0.990. The van der Waals surface area contributed by atoms with Gasteiger partial charge in [0.05, 0.1) is 10.7 Å². The van der Waals surface area contributed by atoms with Crippen LogP contribution in [0.25, 0.3) is 0 Å². The quantitative estimate of drug-likeness (QED) is 0.860. The number of ether oxygens (including phenoxy) is 1. The van der Waals surface area contributed by atoms with E-state index in [1.807, 2.05) is 0 Å². The maximum absolute atomic E-state index is 12.5. The number of hydrogen-bond donors (Lipinski definition) is 1. The van der Waals surface area contributed by atoms with Crippen molar-refractivity contribution >= 4 is 28.5 Å².